The minimum absolute atomic E-state index is 0.00572. The normalized spacial score (nSPS) is 14.2. The number of benzene rings is 1. The third kappa shape index (κ3) is 14.2. The maximum atomic E-state index is 13.4. The first-order valence-corrected chi connectivity index (χ1v) is 15.4. The molecule has 0 radical (unpaired) electrons. The molecule has 0 saturated carbocycles. The number of carbonyl (C=O) groups is 7. The lowest BCUT2D eigenvalue weighted by Gasteiger charge is -2.27. The number of thiol groups is 1. The Morgan fingerprint density at radius 1 is 0.717 bits per heavy atom. The number of hydrogen-bond acceptors (Lipinski definition) is 9. The SMILES string of the molecule is CC(=O)N[C@H](C(=O)N[C@@H](Cc1ccc(O)cc1)C(=O)N[C@@H](C)C(=O)N[C@@H](CC(C)C)C(=O)N[C@@H](CS)C(=O)NCC(=O)O)C(C)C. The van der Waals surface area contributed by atoms with Gasteiger partial charge >= 0.3 is 5.97 Å². The summed E-state index contributed by atoms with van der Waals surface area (Å²) >= 11 is 4.05. The van der Waals surface area contributed by atoms with Crippen LogP contribution in [0.3, 0.4) is 0 Å². The third-order valence-electron chi connectivity index (χ3n) is 6.64. The van der Waals surface area contributed by atoms with Gasteiger partial charge in [-0.05, 0) is 42.9 Å². The van der Waals surface area contributed by atoms with Crippen LogP contribution in [-0.4, -0.2) is 94.1 Å². The Balaban J connectivity index is 3.10. The van der Waals surface area contributed by atoms with Crippen molar-refractivity contribution in [2.45, 2.75) is 84.6 Å². The number of carboxylic acid groups (broad SMARTS) is 1. The van der Waals surface area contributed by atoms with Gasteiger partial charge < -0.3 is 42.1 Å². The van der Waals surface area contributed by atoms with Crippen LogP contribution in [0.15, 0.2) is 24.3 Å². The molecule has 256 valence electrons. The largest absolute Gasteiger partial charge is 0.508 e. The van der Waals surface area contributed by atoms with Gasteiger partial charge in [0.15, 0.2) is 0 Å². The standard InChI is InChI=1S/C30H46N6O9S/c1-15(2)11-21(29(44)36-23(14-46)27(42)31-13-24(39)40)34-26(41)17(5)32-28(43)22(12-19-7-9-20(38)10-8-19)35-30(45)25(16(3)4)33-18(6)37/h7-10,15-17,21-23,25,38,46H,11-14H2,1-6H3,(H,31,42)(H,32,43)(H,33,37)(H,34,41)(H,35,45)(H,36,44)(H,39,40)/t17-,21-,22-,23-,25-/m0/s1. The summed E-state index contributed by atoms with van der Waals surface area (Å²) in [6, 6.07) is 0.406. The molecule has 1 rings (SSSR count). The number of carboxylic acids is 1. The van der Waals surface area contributed by atoms with Crippen LogP contribution in [0.4, 0.5) is 0 Å². The molecule has 16 heteroatoms. The smallest absolute Gasteiger partial charge is 0.322 e. The summed E-state index contributed by atoms with van der Waals surface area (Å²) < 4.78 is 0. The minimum atomic E-state index is -1.27. The van der Waals surface area contributed by atoms with Crippen LogP contribution >= 0.6 is 12.6 Å². The molecule has 46 heavy (non-hydrogen) atoms. The lowest BCUT2D eigenvalue weighted by Crippen LogP contribution is -2.59. The molecule has 6 amide bonds. The number of phenols is 1. The first kappa shape index (κ1) is 39.7. The highest BCUT2D eigenvalue weighted by molar-refractivity contribution is 7.80. The molecule has 0 aliphatic heterocycles. The van der Waals surface area contributed by atoms with Gasteiger partial charge in [-0.3, -0.25) is 33.6 Å². The fourth-order valence-electron chi connectivity index (χ4n) is 4.22. The first-order valence-electron chi connectivity index (χ1n) is 14.8. The monoisotopic (exact) mass is 666 g/mol. The Kier molecular flexibility index (Phi) is 16.6. The van der Waals surface area contributed by atoms with E-state index in [2.05, 4.69) is 44.5 Å². The molecule has 0 aliphatic rings. The van der Waals surface area contributed by atoms with Gasteiger partial charge in [-0.1, -0.05) is 39.8 Å². The second kappa shape index (κ2) is 19.2. The maximum absolute atomic E-state index is 13.4. The van der Waals surface area contributed by atoms with Crippen LogP contribution in [0, 0.1) is 11.8 Å². The second-order valence-corrected chi connectivity index (χ2v) is 12.0. The van der Waals surface area contributed by atoms with Crippen LogP contribution < -0.4 is 31.9 Å². The predicted octanol–water partition coefficient (Wildman–Crippen LogP) is -0.769. The highest BCUT2D eigenvalue weighted by Crippen LogP contribution is 2.13. The molecule has 0 spiro atoms. The number of amides is 6. The second-order valence-electron chi connectivity index (χ2n) is 11.6. The molecule has 0 fully saturated rings. The number of hydrogen-bond donors (Lipinski definition) is 9. The lowest BCUT2D eigenvalue weighted by atomic mass is 10.0. The van der Waals surface area contributed by atoms with Crippen LogP contribution in [0.25, 0.3) is 0 Å². The molecular formula is C30H46N6O9S. The zero-order valence-corrected chi connectivity index (χ0v) is 27.8. The molecule has 1 aromatic carbocycles. The van der Waals surface area contributed by atoms with Crippen molar-refractivity contribution >= 4 is 54.0 Å². The number of aliphatic carboxylic acids is 1. The fraction of sp³-hybridized carbons (Fsp3) is 0.567. The van der Waals surface area contributed by atoms with E-state index in [1.165, 1.54) is 26.0 Å². The van der Waals surface area contributed by atoms with Gasteiger partial charge in [-0.25, -0.2) is 0 Å². The molecule has 15 nitrogen and oxygen atoms in total. The van der Waals surface area contributed by atoms with Crippen LogP contribution in [0.2, 0.25) is 0 Å². The zero-order valence-electron chi connectivity index (χ0n) is 26.9. The zero-order chi connectivity index (χ0) is 35.1. The van der Waals surface area contributed by atoms with Crippen LogP contribution in [0.5, 0.6) is 5.75 Å². The molecule has 8 N–H and O–H groups in total. The molecule has 0 saturated heterocycles. The van der Waals surface area contributed by atoms with Crippen molar-refractivity contribution < 1.29 is 43.8 Å². The van der Waals surface area contributed by atoms with Crippen molar-refractivity contribution in [3.63, 3.8) is 0 Å². The first-order chi connectivity index (χ1) is 21.4. The van der Waals surface area contributed by atoms with Crippen molar-refractivity contribution in [2.24, 2.45) is 11.8 Å². The Hall–Kier alpha value is -4.34. The highest BCUT2D eigenvalue weighted by Gasteiger charge is 2.32. The quantitative estimate of drug-likeness (QED) is 0.0895. The van der Waals surface area contributed by atoms with Gasteiger partial charge in [0.25, 0.3) is 0 Å². The topological polar surface area (TPSA) is 232 Å². The van der Waals surface area contributed by atoms with E-state index in [9.17, 15) is 38.7 Å². The van der Waals surface area contributed by atoms with Crippen molar-refractivity contribution in [3.8, 4) is 5.75 Å². The van der Waals surface area contributed by atoms with E-state index in [0.29, 0.717) is 5.56 Å². The average Bonchev–Trinajstić information content (AvgIpc) is 2.96. The number of carbonyl (C=O) groups excluding carboxylic acids is 6. The third-order valence-corrected chi connectivity index (χ3v) is 7.00. The Morgan fingerprint density at radius 3 is 1.76 bits per heavy atom. The molecule has 1 aromatic rings. The summed E-state index contributed by atoms with van der Waals surface area (Å²) in [5, 5.41) is 33.4. The summed E-state index contributed by atoms with van der Waals surface area (Å²) in [7, 11) is 0. The minimum Gasteiger partial charge on any atom is -0.508 e. The summed E-state index contributed by atoms with van der Waals surface area (Å²) in [5.41, 5.74) is 0.593. The summed E-state index contributed by atoms with van der Waals surface area (Å²) in [6.07, 6.45) is 0.165. The Bertz CT molecular complexity index is 1240. The summed E-state index contributed by atoms with van der Waals surface area (Å²) in [5.74, 6) is -5.73. The molecule has 0 bridgehead atoms. The molecule has 5 atom stereocenters. The maximum Gasteiger partial charge on any atom is 0.322 e. The van der Waals surface area contributed by atoms with Gasteiger partial charge in [0.1, 0.15) is 42.5 Å². The molecule has 0 aliphatic carbocycles. The molecule has 0 heterocycles. The van der Waals surface area contributed by atoms with E-state index in [1.54, 1.807) is 26.0 Å². The number of phenolic OH excluding ortho intramolecular Hbond substituents is 1. The van der Waals surface area contributed by atoms with Crippen LogP contribution in [-0.2, 0) is 40.0 Å². The molecule has 0 unspecified atom stereocenters. The van der Waals surface area contributed by atoms with E-state index in [0.717, 1.165) is 0 Å². The van der Waals surface area contributed by atoms with E-state index in [-0.39, 0.29) is 36.2 Å². The number of nitrogens with one attached hydrogen (secondary N) is 6. The van der Waals surface area contributed by atoms with Gasteiger partial charge in [0.05, 0.1) is 0 Å². The van der Waals surface area contributed by atoms with Crippen molar-refractivity contribution in [1.29, 1.82) is 0 Å². The van der Waals surface area contributed by atoms with Crippen LogP contribution in [0.1, 0.15) is 53.5 Å². The molecule has 0 aromatic heterocycles. The number of rotatable bonds is 18. The highest BCUT2D eigenvalue weighted by atomic mass is 32.1. The lowest BCUT2D eigenvalue weighted by molar-refractivity contribution is -0.138. The Morgan fingerprint density at radius 2 is 1.26 bits per heavy atom. The fourth-order valence-corrected chi connectivity index (χ4v) is 4.48. The van der Waals surface area contributed by atoms with Crippen molar-refractivity contribution in [2.75, 3.05) is 12.3 Å². The number of aromatic hydroxyl groups is 1. The Labute approximate surface area is 273 Å². The average molecular weight is 667 g/mol. The van der Waals surface area contributed by atoms with E-state index in [4.69, 9.17) is 5.11 Å². The van der Waals surface area contributed by atoms with E-state index >= 15 is 0 Å². The summed E-state index contributed by atoms with van der Waals surface area (Å²) in [4.78, 5) is 87.6. The van der Waals surface area contributed by atoms with E-state index < -0.39 is 78.2 Å². The van der Waals surface area contributed by atoms with Gasteiger partial charge in [-0.2, -0.15) is 12.6 Å². The predicted molar refractivity (Wildman–Crippen MR) is 172 cm³/mol. The van der Waals surface area contributed by atoms with Crippen molar-refractivity contribution in [1.82, 2.24) is 31.9 Å². The van der Waals surface area contributed by atoms with Crippen molar-refractivity contribution in [3.05, 3.63) is 29.8 Å². The van der Waals surface area contributed by atoms with E-state index in [1.807, 2.05) is 13.8 Å². The van der Waals surface area contributed by atoms with Gasteiger partial charge in [0.2, 0.25) is 35.4 Å². The molecular weight excluding hydrogens is 620 g/mol. The summed E-state index contributed by atoms with van der Waals surface area (Å²) in [6.45, 7) is 9.09. The van der Waals surface area contributed by atoms with Gasteiger partial charge in [-0.15, -0.1) is 0 Å². The van der Waals surface area contributed by atoms with Gasteiger partial charge in [0, 0.05) is 19.1 Å².